The third-order valence-corrected chi connectivity index (χ3v) is 2.95. The van der Waals surface area contributed by atoms with Crippen molar-refractivity contribution in [3.8, 4) is 0 Å². The second-order valence-corrected chi connectivity index (χ2v) is 4.67. The molecule has 1 aromatic carbocycles. The Hall–Kier alpha value is -1.40. The molecule has 8 heteroatoms. The van der Waals surface area contributed by atoms with Crippen molar-refractivity contribution < 1.29 is 13.2 Å². The number of benzene rings is 1. The van der Waals surface area contributed by atoms with Gasteiger partial charge in [-0.3, -0.25) is 0 Å². The van der Waals surface area contributed by atoms with Crippen molar-refractivity contribution in [3.05, 3.63) is 52.3 Å². The molecule has 0 aliphatic heterocycles. The van der Waals surface area contributed by atoms with E-state index in [9.17, 15) is 13.2 Å². The minimum Gasteiger partial charge on any atom is -0.203 e. The van der Waals surface area contributed by atoms with Crippen LogP contribution in [0.5, 0.6) is 0 Å². The molecule has 20 heavy (non-hydrogen) atoms. The molecule has 2 rings (SSSR count). The van der Waals surface area contributed by atoms with Gasteiger partial charge in [-0.2, -0.15) is 18.2 Å². The largest absolute Gasteiger partial charge is 0.396 e. The highest BCUT2D eigenvalue weighted by Gasteiger charge is 2.41. The van der Waals surface area contributed by atoms with Crippen LogP contribution in [-0.2, 0) is 6.42 Å². The molecule has 0 aliphatic rings. The van der Waals surface area contributed by atoms with Gasteiger partial charge in [0.15, 0.2) is 0 Å². The van der Waals surface area contributed by atoms with E-state index in [1.165, 1.54) is 12.1 Å². The second kappa shape index (κ2) is 5.93. The molecule has 2 aromatic rings. The van der Waals surface area contributed by atoms with Gasteiger partial charge in [0.1, 0.15) is 5.82 Å². The van der Waals surface area contributed by atoms with Crippen LogP contribution in [0.25, 0.3) is 0 Å². The lowest BCUT2D eigenvalue weighted by atomic mass is 9.95. The summed E-state index contributed by atoms with van der Waals surface area (Å²) >= 11 is 11.1. The van der Waals surface area contributed by atoms with Crippen LogP contribution >= 0.6 is 23.2 Å². The highest BCUT2D eigenvalue weighted by atomic mass is 35.5. The lowest BCUT2D eigenvalue weighted by molar-refractivity contribution is -0.150. The zero-order chi connectivity index (χ0) is 14.8. The predicted molar refractivity (Wildman–Crippen MR) is 68.8 cm³/mol. The maximum atomic E-state index is 13.2. The summed E-state index contributed by atoms with van der Waals surface area (Å²) in [5.74, 6) is -1.82. The van der Waals surface area contributed by atoms with E-state index in [0.717, 1.165) is 0 Å². The number of nitrogens with zero attached hydrogens (tertiary/aromatic N) is 3. The topological polar surface area (TPSA) is 38.7 Å². The summed E-state index contributed by atoms with van der Waals surface area (Å²) in [5, 5.41) is -0.456. The minimum absolute atomic E-state index is 0.0961. The van der Waals surface area contributed by atoms with Crippen molar-refractivity contribution in [1.29, 1.82) is 0 Å². The summed E-state index contributed by atoms with van der Waals surface area (Å²) in [6, 6.07) is 7.54. The summed E-state index contributed by atoms with van der Waals surface area (Å²) in [4.78, 5) is 10.8. The highest BCUT2D eigenvalue weighted by Crippen LogP contribution is 2.36. The molecule has 1 heterocycles. The van der Waals surface area contributed by atoms with Crippen molar-refractivity contribution in [2.45, 2.75) is 18.5 Å². The minimum atomic E-state index is -4.42. The molecular formula is C12H8Cl2F3N3. The molecule has 0 radical (unpaired) electrons. The molecule has 0 saturated heterocycles. The zero-order valence-corrected chi connectivity index (χ0v) is 11.4. The number of rotatable bonds is 3. The monoisotopic (exact) mass is 321 g/mol. The maximum absolute atomic E-state index is 13.2. The van der Waals surface area contributed by atoms with Crippen molar-refractivity contribution in [3.63, 3.8) is 0 Å². The van der Waals surface area contributed by atoms with Gasteiger partial charge in [0.05, 0.1) is 5.92 Å². The van der Waals surface area contributed by atoms with Crippen LogP contribution in [0, 0.1) is 0 Å². The van der Waals surface area contributed by atoms with Gasteiger partial charge in [-0.1, -0.05) is 30.3 Å². The SMILES string of the molecule is FC(F)(F)C(Cc1nc(Cl)nc(Cl)n1)c1ccccc1. The number of hydrogen-bond donors (Lipinski definition) is 0. The summed E-state index contributed by atoms with van der Waals surface area (Å²) in [6.07, 6.45) is -4.87. The Bertz CT molecular complexity index is 570. The molecule has 1 atom stereocenters. The maximum Gasteiger partial charge on any atom is 0.396 e. The first kappa shape index (κ1) is 15.0. The van der Waals surface area contributed by atoms with E-state index >= 15 is 0 Å². The molecule has 0 amide bonds. The average molecular weight is 322 g/mol. The molecule has 0 aliphatic carbocycles. The normalized spacial score (nSPS) is 13.2. The van der Waals surface area contributed by atoms with Crippen molar-refractivity contribution >= 4 is 23.2 Å². The van der Waals surface area contributed by atoms with Gasteiger partial charge < -0.3 is 0 Å². The standard InChI is InChI=1S/C12H8Cl2F3N3/c13-10-18-9(19-11(14)20-10)6-8(12(15,16)17)7-4-2-1-3-5-7/h1-5,8H,6H2. The summed E-state index contributed by atoms with van der Waals surface area (Å²) in [6.45, 7) is 0. The van der Waals surface area contributed by atoms with Crippen LogP contribution in [0.4, 0.5) is 13.2 Å². The number of aromatic nitrogens is 3. The second-order valence-electron chi connectivity index (χ2n) is 4.00. The number of halogens is 5. The van der Waals surface area contributed by atoms with Gasteiger partial charge >= 0.3 is 6.18 Å². The van der Waals surface area contributed by atoms with Crippen LogP contribution in [0.1, 0.15) is 17.3 Å². The summed E-state index contributed by atoms with van der Waals surface area (Å²) in [5.41, 5.74) is 0.132. The van der Waals surface area contributed by atoms with E-state index in [4.69, 9.17) is 23.2 Å². The molecule has 106 valence electrons. The zero-order valence-electron chi connectivity index (χ0n) is 9.90. The van der Waals surface area contributed by atoms with Gasteiger partial charge in [-0.15, -0.1) is 0 Å². The van der Waals surface area contributed by atoms with Gasteiger partial charge in [-0.05, 0) is 28.8 Å². The van der Waals surface area contributed by atoms with Crippen LogP contribution in [0.3, 0.4) is 0 Å². The van der Waals surface area contributed by atoms with E-state index < -0.39 is 18.5 Å². The van der Waals surface area contributed by atoms with Crippen molar-refractivity contribution in [2.24, 2.45) is 0 Å². The Morgan fingerprint density at radius 3 is 2.00 bits per heavy atom. The molecule has 0 bridgehead atoms. The molecule has 3 nitrogen and oxygen atoms in total. The first-order chi connectivity index (χ1) is 9.36. The molecule has 1 unspecified atom stereocenters. The van der Waals surface area contributed by atoms with Gasteiger partial charge in [0, 0.05) is 6.42 Å². The Morgan fingerprint density at radius 2 is 1.50 bits per heavy atom. The summed E-state index contributed by atoms with van der Waals surface area (Å²) in [7, 11) is 0. The van der Waals surface area contributed by atoms with Gasteiger partial charge in [0.2, 0.25) is 10.6 Å². The van der Waals surface area contributed by atoms with Crippen molar-refractivity contribution in [2.75, 3.05) is 0 Å². The molecule has 0 saturated carbocycles. The fraction of sp³-hybridized carbons (Fsp3) is 0.250. The van der Waals surface area contributed by atoms with Crippen LogP contribution in [0.15, 0.2) is 30.3 Å². The van der Waals surface area contributed by atoms with E-state index in [0.29, 0.717) is 0 Å². The highest BCUT2D eigenvalue weighted by molar-refractivity contribution is 6.30. The smallest absolute Gasteiger partial charge is 0.203 e. The molecule has 0 spiro atoms. The first-order valence-electron chi connectivity index (χ1n) is 5.54. The van der Waals surface area contributed by atoms with E-state index in [1.807, 2.05) is 0 Å². The van der Waals surface area contributed by atoms with Crippen molar-refractivity contribution in [1.82, 2.24) is 15.0 Å². The van der Waals surface area contributed by atoms with Crippen LogP contribution < -0.4 is 0 Å². The van der Waals surface area contributed by atoms with E-state index in [1.54, 1.807) is 18.2 Å². The average Bonchev–Trinajstić information content (AvgIpc) is 2.34. The third kappa shape index (κ3) is 3.80. The predicted octanol–water partition coefficient (Wildman–Crippen LogP) is 4.07. The lowest BCUT2D eigenvalue weighted by Gasteiger charge is -2.20. The number of alkyl halides is 3. The fourth-order valence-corrected chi connectivity index (χ4v) is 2.14. The third-order valence-electron chi connectivity index (χ3n) is 2.61. The first-order valence-corrected chi connectivity index (χ1v) is 6.29. The quantitative estimate of drug-likeness (QED) is 0.855. The molecule has 0 N–H and O–H groups in total. The van der Waals surface area contributed by atoms with Gasteiger partial charge in [0.25, 0.3) is 0 Å². The van der Waals surface area contributed by atoms with E-state index in [2.05, 4.69) is 15.0 Å². The van der Waals surface area contributed by atoms with Gasteiger partial charge in [-0.25, -0.2) is 9.97 Å². The number of hydrogen-bond acceptors (Lipinski definition) is 3. The van der Waals surface area contributed by atoms with Crippen LogP contribution in [0.2, 0.25) is 10.6 Å². The Kier molecular flexibility index (Phi) is 4.45. The summed E-state index contributed by atoms with van der Waals surface area (Å²) < 4.78 is 39.5. The fourth-order valence-electron chi connectivity index (χ4n) is 1.75. The molecule has 1 aromatic heterocycles. The lowest BCUT2D eigenvalue weighted by Crippen LogP contribution is -2.24. The Balaban J connectivity index is 2.34. The Labute approximate surface area is 122 Å². The molecular weight excluding hydrogens is 314 g/mol. The molecule has 0 fully saturated rings. The Morgan fingerprint density at radius 1 is 0.950 bits per heavy atom. The van der Waals surface area contributed by atoms with Crippen LogP contribution in [-0.4, -0.2) is 21.1 Å². The van der Waals surface area contributed by atoms with E-state index in [-0.39, 0.29) is 22.0 Å².